The van der Waals surface area contributed by atoms with E-state index in [0.29, 0.717) is 6.54 Å². The molecule has 3 N–H and O–H groups in total. The molecule has 0 aromatic heterocycles. The first kappa shape index (κ1) is 9.19. The number of nitrogens with two attached hydrogens (primary N) is 1. The van der Waals surface area contributed by atoms with Gasteiger partial charge in [-0.1, -0.05) is 30.3 Å². The molecule has 0 bridgehead atoms. The van der Waals surface area contributed by atoms with E-state index >= 15 is 0 Å². The van der Waals surface area contributed by atoms with Crippen molar-refractivity contribution in [3.63, 3.8) is 0 Å². The second-order valence-corrected chi connectivity index (χ2v) is 3.51. The van der Waals surface area contributed by atoms with Gasteiger partial charge in [-0.25, -0.2) is 0 Å². The lowest BCUT2D eigenvalue weighted by molar-refractivity contribution is 0.742. The van der Waals surface area contributed by atoms with Gasteiger partial charge in [-0.3, -0.25) is 11.3 Å². The lowest BCUT2D eigenvalue weighted by Gasteiger charge is -2.04. The summed E-state index contributed by atoms with van der Waals surface area (Å²) in [7, 11) is 0. The lowest BCUT2D eigenvalue weighted by atomic mass is 10.0. The fourth-order valence-corrected chi connectivity index (χ4v) is 1.72. The average Bonchev–Trinajstić information content (AvgIpc) is 2.18. The minimum absolute atomic E-state index is 0.712. The Morgan fingerprint density at radius 2 is 2.07 bits per heavy atom. The second-order valence-electron chi connectivity index (χ2n) is 3.51. The first-order valence-corrected chi connectivity index (χ1v) is 4.73. The Labute approximate surface area is 83.7 Å². The Bertz CT molecular complexity index is 449. The van der Waals surface area contributed by atoms with Crippen LogP contribution in [0, 0.1) is 6.92 Å². The number of benzene rings is 2. The SMILES string of the molecule is Cc1cccc2cc(CNN)ccc12. The number of hydrogen-bond donors (Lipinski definition) is 2. The lowest BCUT2D eigenvalue weighted by Crippen LogP contribution is -2.20. The standard InChI is InChI=1S/C12H14N2/c1-9-3-2-4-11-7-10(8-14-13)5-6-12(9)11/h2-7,14H,8,13H2,1H3. The van der Waals surface area contributed by atoms with Crippen molar-refractivity contribution >= 4 is 10.8 Å². The van der Waals surface area contributed by atoms with E-state index < -0.39 is 0 Å². The molecule has 0 atom stereocenters. The van der Waals surface area contributed by atoms with Crippen LogP contribution in [0.4, 0.5) is 0 Å². The van der Waals surface area contributed by atoms with Crippen molar-refractivity contribution in [2.45, 2.75) is 13.5 Å². The van der Waals surface area contributed by atoms with E-state index in [2.05, 4.69) is 48.7 Å². The molecule has 0 saturated heterocycles. The second kappa shape index (κ2) is 3.78. The van der Waals surface area contributed by atoms with Crippen LogP contribution in [0.2, 0.25) is 0 Å². The molecule has 2 aromatic carbocycles. The topological polar surface area (TPSA) is 38.0 Å². The van der Waals surface area contributed by atoms with E-state index in [4.69, 9.17) is 5.84 Å². The van der Waals surface area contributed by atoms with E-state index in [1.54, 1.807) is 0 Å². The molecule has 0 aliphatic carbocycles. The quantitative estimate of drug-likeness (QED) is 0.557. The third-order valence-electron chi connectivity index (χ3n) is 2.47. The maximum absolute atomic E-state index is 5.28. The average molecular weight is 186 g/mol. The zero-order chi connectivity index (χ0) is 9.97. The Morgan fingerprint density at radius 3 is 2.86 bits per heavy atom. The molecule has 2 nitrogen and oxygen atoms in total. The van der Waals surface area contributed by atoms with Crippen LogP contribution in [0.15, 0.2) is 36.4 Å². The molecule has 0 aliphatic heterocycles. The van der Waals surface area contributed by atoms with Gasteiger partial charge in [0.1, 0.15) is 0 Å². The summed E-state index contributed by atoms with van der Waals surface area (Å²) in [5.74, 6) is 5.28. The van der Waals surface area contributed by atoms with Crippen molar-refractivity contribution in [1.29, 1.82) is 0 Å². The third-order valence-corrected chi connectivity index (χ3v) is 2.47. The van der Waals surface area contributed by atoms with Crippen LogP contribution in [0.25, 0.3) is 10.8 Å². The van der Waals surface area contributed by atoms with Crippen LogP contribution in [0.5, 0.6) is 0 Å². The minimum atomic E-state index is 0.712. The molecule has 0 heterocycles. The Balaban J connectivity index is 2.56. The van der Waals surface area contributed by atoms with Gasteiger partial charge in [0.15, 0.2) is 0 Å². The highest BCUT2D eigenvalue weighted by atomic mass is 15.2. The number of aryl methyl sites for hydroxylation is 1. The molecule has 0 amide bonds. The van der Waals surface area contributed by atoms with Crippen molar-refractivity contribution in [3.05, 3.63) is 47.5 Å². The van der Waals surface area contributed by atoms with Crippen molar-refractivity contribution < 1.29 is 0 Å². The molecule has 72 valence electrons. The molecule has 0 spiro atoms. The minimum Gasteiger partial charge on any atom is -0.271 e. The van der Waals surface area contributed by atoms with Gasteiger partial charge in [0.05, 0.1) is 0 Å². The van der Waals surface area contributed by atoms with Crippen LogP contribution < -0.4 is 11.3 Å². The fraction of sp³-hybridized carbons (Fsp3) is 0.167. The molecule has 0 unspecified atom stereocenters. The zero-order valence-corrected chi connectivity index (χ0v) is 8.25. The molecule has 0 aliphatic rings. The first-order valence-electron chi connectivity index (χ1n) is 4.73. The molecule has 2 heteroatoms. The van der Waals surface area contributed by atoms with Gasteiger partial charge in [0.2, 0.25) is 0 Å². The number of hydrazine groups is 1. The maximum atomic E-state index is 5.28. The van der Waals surface area contributed by atoms with E-state index in [1.165, 1.54) is 21.9 Å². The molecule has 2 rings (SSSR count). The summed E-state index contributed by atoms with van der Waals surface area (Å²) in [4.78, 5) is 0. The summed E-state index contributed by atoms with van der Waals surface area (Å²) >= 11 is 0. The van der Waals surface area contributed by atoms with Gasteiger partial charge < -0.3 is 0 Å². The van der Waals surface area contributed by atoms with Crippen LogP contribution in [0.3, 0.4) is 0 Å². The van der Waals surface area contributed by atoms with Gasteiger partial charge >= 0.3 is 0 Å². The Kier molecular flexibility index (Phi) is 2.48. The molecule has 2 aromatic rings. The van der Waals surface area contributed by atoms with Gasteiger partial charge in [0.25, 0.3) is 0 Å². The summed E-state index contributed by atoms with van der Waals surface area (Å²) in [5, 5.41) is 2.59. The summed E-state index contributed by atoms with van der Waals surface area (Å²) in [6.07, 6.45) is 0. The van der Waals surface area contributed by atoms with Crippen LogP contribution >= 0.6 is 0 Å². The molecule has 0 fully saturated rings. The van der Waals surface area contributed by atoms with E-state index in [-0.39, 0.29) is 0 Å². The number of rotatable bonds is 2. The van der Waals surface area contributed by atoms with Crippen LogP contribution in [0.1, 0.15) is 11.1 Å². The Hall–Kier alpha value is -1.38. The predicted octanol–water partition coefficient (Wildman–Crippen LogP) is 2.11. The first-order chi connectivity index (χ1) is 6.81. The molecular weight excluding hydrogens is 172 g/mol. The smallest absolute Gasteiger partial charge is 0.0348 e. The zero-order valence-electron chi connectivity index (χ0n) is 8.25. The van der Waals surface area contributed by atoms with Crippen molar-refractivity contribution in [1.82, 2.24) is 5.43 Å². The fourth-order valence-electron chi connectivity index (χ4n) is 1.72. The molecule has 0 saturated carbocycles. The van der Waals surface area contributed by atoms with Crippen molar-refractivity contribution in [2.24, 2.45) is 5.84 Å². The molecule has 0 radical (unpaired) electrons. The number of hydrogen-bond acceptors (Lipinski definition) is 2. The van der Waals surface area contributed by atoms with E-state index in [9.17, 15) is 0 Å². The summed E-state index contributed by atoms with van der Waals surface area (Å²) in [6, 6.07) is 12.8. The largest absolute Gasteiger partial charge is 0.271 e. The highest BCUT2D eigenvalue weighted by molar-refractivity contribution is 5.86. The van der Waals surface area contributed by atoms with Gasteiger partial charge in [-0.2, -0.15) is 0 Å². The monoisotopic (exact) mass is 186 g/mol. The summed E-state index contributed by atoms with van der Waals surface area (Å²) < 4.78 is 0. The van der Waals surface area contributed by atoms with Crippen LogP contribution in [-0.4, -0.2) is 0 Å². The molecule has 14 heavy (non-hydrogen) atoms. The predicted molar refractivity (Wildman–Crippen MR) is 59.7 cm³/mol. The van der Waals surface area contributed by atoms with E-state index in [0.717, 1.165) is 0 Å². The Morgan fingerprint density at radius 1 is 1.21 bits per heavy atom. The van der Waals surface area contributed by atoms with Gasteiger partial charge in [0, 0.05) is 6.54 Å². The summed E-state index contributed by atoms with van der Waals surface area (Å²) in [6.45, 7) is 2.84. The normalized spacial score (nSPS) is 10.7. The molecular formula is C12H14N2. The maximum Gasteiger partial charge on any atom is 0.0348 e. The highest BCUT2D eigenvalue weighted by Gasteiger charge is 1.97. The van der Waals surface area contributed by atoms with Crippen LogP contribution in [-0.2, 0) is 6.54 Å². The number of fused-ring (bicyclic) bond motifs is 1. The van der Waals surface area contributed by atoms with Gasteiger partial charge in [-0.05, 0) is 34.9 Å². The highest BCUT2D eigenvalue weighted by Crippen LogP contribution is 2.19. The van der Waals surface area contributed by atoms with Crippen molar-refractivity contribution in [3.8, 4) is 0 Å². The van der Waals surface area contributed by atoms with Crippen molar-refractivity contribution in [2.75, 3.05) is 0 Å². The van der Waals surface area contributed by atoms with Gasteiger partial charge in [-0.15, -0.1) is 0 Å². The number of nitrogens with one attached hydrogen (secondary N) is 1. The third kappa shape index (κ3) is 1.62. The van der Waals surface area contributed by atoms with E-state index in [1.807, 2.05) is 0 Å². The summed E-state index contributed by atoms with van der Waals surface area (Å²) in [5.41, 5.74) is 5.19.